The molecule has 7 heteroatoms. The first kappa shape index (κ1) is 21.7. The summed E-state index contributed by atoms with van der Waals surface area (Å²) in [5, 5.41) is 0. The summed E-state index contributed by atoms with van der Waals surface area (Å²) in [5.41, 5.74) is -1.01. The number of rotatable bonds is 4. The van der Waals surface area contributed by atoms with E-state index in [2.05, 4.69) is 7.93 Å². The summed E-state index contributed by atoms with van der Waals surface area (Å²) in [4.78, 5) is 0. The molecule has 0 N–H and O–H groups in total. The van der Waals surface area contributed by atoms with Gasteiger partial charge in [-0.25, -0.2) is 0 Å². The van der Waals surface area contributed by atoms with Crippen molar-refractivity contribution in [3.8, 4) is 11.1 Å². The van der Waals surface area contributed by atoms with E-state index in [9.17, 15) is 22.0 Å². The van der Waals surface area contributed by atoms with Crippen LogP contribution in [-0.4, -0.2) is 12.4 Å². The molecule has 31 heavy (non-hydrogen) atoms. The molecule has 1 atom stereocenters. The Morgan fingerprint density at radius 1 is 0.452 bits per heavy atom. The zero-order valence-electron chi connectivity index (χ0n) is 16.0. The third kappa shape index (κ3) is 3.70. The van der Waals surface area contributed by atoms with Gasteiger partial charge in [-0.3, -0.25) is 0 Å². The van der Waals surface area contributed by atoms with Crippen LogP contribution in [0.25, 0.3) is 11.1 Å². The first-order valence-electron chi connectivity index (χ1n) is 9.19. The molecule has 0 saturated heterocycles. The van der Waals surface area contributed by atoms with E-state index in [-0.39, 0.29) is 5.56 Å². The number of hydrogen-bond donors (Lipinski definition) is 0. The molecule has 0 aromatic heterocycles. The summed E-state index contributed by atoms with van der Waals surface area (Å²) in [6.45, 7) is 0. The number of hydrogen-bond acceptors (Lipinski definition) is 0. The maximum atomic E-state index is 14.2. The second-order valence-corrected chi connectivity index (χ2v) is 16.2. The van der Waals surface area contributed by atoms with E-state index in [1.807, 2.05) is 60.7 Å². The average molecular weight is 509 g/mol. The normalized spacial score (nSPS) is 12.1. The molecule has 0 spiro atoms. The van der Waals surface area contributed by atoms with Crippen molar-refractivity contribution in [2.45, 2.75) is 0 Å². The molecule has 4 rings (SSSR count). The Bertz CT molecular complexity index is 1160. The van der Waals surface area contributed by atoms with Crippen molar-refractivity contribution < 1.29 is 22.0 Å². The van der Waals surface area contributed by atoms with Crippen LogP contribution in [0.5, 0.6) is 0 Å². The molecule has 0 heterocycles. The van der Waals surface area contributed by atoms with Crippen molar-refractivity contribution in [3.05, 3.63) is 114 Å². The number of halogens is 5. The molecule has 0 aliphatic heterocycles. The average Bonchev–Trinajstić information content (AvgIpc) is 2.82. The van der Waals surface area contributed by atoms with Crippen LogP contribution < -0.4 is 13.4 Å². The molecule has 0 bridgehead atoms. The molecule has 0 saturated carbocycles. The van der Waals surface area contributed by atoms with Gasteiger partial charge in [-0.2, -0.15) is 0 Å². The Balaban J connectivity index is 1.87. The van der Waals surface area contributed by atoms with Crippen molar-refractivity contribution in [1.29, 1.82) is 0 Å². The van der Waals surface area contributed by atoms with Gasteiger partial charge in [-0.15, -0.1) is 0 Å². The van der Waals surface area contributed by atoms with Crippen LogP contribution in [0.4, 0.5) is 22.0 Å². The zero-order valence-corrected chi connectivity index (χ0v) is 18.8. The minimum absolute atomic E-state index is 0.0815. The van der Waals surface area contributed by atoms with E-state index in [1.54, 1.807) is 12.1 Å². The third-order valence-electron chi connectivity index (χ3n) is 4.95. The topological polar surface area (TPSA) is 0 Å². The summed E-state index contributed by atoms with van der Waals surface area (Å²) < 4.78 is 72.3. The molecular formula is C24H16F5PSe. The monoisotopic (exact) mass is 510 g/mol. The van der Waals surface area contributed by atoms with Gasteiger partial charge in [-0.05, 0) is 0 Å². The standard InChI is InChI=1S/C24H16F5PSe/c25-20-19(21(26)23(28)24(29)22(20)27)15-11-13-18(14-12-15)31(30,16-7-3-1-4-8-16)17-9-5-2-6-10-17/h1-14H,30H2. The predicted molar refractivity (Wildman–Crippen MR) is 119 cm³/mol. The Kier molecular flexibility index (Phi) is 5.98. The first-order chi connectivity index (χ1) is 14.9. The SMILES string of the molecule is Fc1c(F)c(F)c(-c2ccc([Se](P)(c3ccccc3)c3ccccc3)cc2)c(F)c1F. The van der Waals surface area contributed by atoms with Gasteiger partial charge in [0, 0.05) is 0 Å². The van der Waals surface area contributed by atoms with Gasteiger partial charge in [0.1, 0.15) is 0 Å². The summed E-state index contributed by atoms with van der Waals surface area (Å²) >= 11 is -2.77. The fourth-order valence-electron chi connectivity index (χ4n) is 3.37. The molecule has 4 aromatic rings. The molecule has 0 amide bonds. The van der Waals surface area contributed by atoms with Crippen molar-refractivity contribution in [2.75, 3.05) is 0 Å². The van der Waals surface area contributed by atoms with Gasteiger partial charge >= 0.3 is 181 Å². The van der Waals surface area contributed by atoms with Gasteiger partial charge in [-0.1, -0.05) is 0 Å². The quantitative estimate of drug-likeness (QED) is 0.121. The molecule has 0 nitrogen and oxygen atoms in total. The fourth-order valence-corrected chi connectivity index (χ4v) is 11.2. The van der Waals surface area contributed by atoms with Gasteiger partial charge in [0.15, 0.2) is 0 Å². The van der Waals surface area contributed by atoms with Crippen LogP contribution >= 0.6 is 7.93 Å². The molecule has 158 valence electrons. The molecule has 0 aliphatic carbocycles. The Morgan fingerprint density at radius 2 is 0.806 bits per heavy atom. The summed E-state index contributed by atoms with van der Waals surface area (Å²) in [6, 6.07) is 25.9. The molecule has 1 unspecified atom stereocenters. The molecular weight excluding hydrogens is 493 g/mol. The van der Waals surface area contributed by atoms with Gasteiger partial charge in [0.2, 0.25) is 0 Å². The van der Waals surface area contributed by atoms with Crippen LogP contribution in [0.1, 0.15) is 0 Å². The third-order valence-corrected chi connectivity index (χ3v) is 15.6. The van der Waals surface area contributed by atoms with Crippen molar-refractivity contribution >= 4 is 33.7 Å². The van der Waals surface area contributed by atoms with Gasteiger partial charge < -0.3 is 0 Å². The molecule has 0 fully saturated rings. The van der Waals surface area contributed by atoms with Gasteiger partial charge in [0.25, 0.3) is 0 Å². The summed E-state index contributed by atoms with van der Waals surface area (Å²) in [6.07, 6.45) is 0. The minimum atomic E-state index is -2.77. The molecule has 0 aliphatic rings. The van der Waals surface area contributed by atoms with E-state index in [1.165, 1.54) is 12.1 Å². The summed E-state index contributed by atoms with van der Waals surface area (Å²) in [5.74, 6) is -9.76. The zero-order chi connectivity index (χ0) is 22.2. The van der Waals surface area contributed by atoms with Crippen molar-refractivity contribution in [1.82, 2.24) is 0 Å². The summed E-state index contributed by atoms with van der Waals surface area (Å²) in [7, 11) is 2.98. The van der Waals surface area contributed by atoms with Crippen molar-refractivity contribution in [3.63, 3.8) is 0 Å². The number of benzene rings is 4. The Labute approximate surface area is 180 Å². The second kappa shape index (κ2) is 8.55. The maximum absolute atomic E-state index is 14.2. The van der Waals surface area contributed by atoms with E-state index in [4.69, 9.17) is 0 Å². The van der Waals surface area contributed by atoms with Crippen LogP contribution in [0.3, 0.4) is 0 Å². The Hall–Kier alpha value is -2.52. The fraction of sp³-hybridized carbons (Fsp3) is 0. The van der Waals surface area contributed by atoms with E-state index < -0.39 is 47.1 Å². The van der Waals surface area contributed by atoms with Gasteiger partial charge in [0.05, 0.1) is 0 Å². The van der Waals surface area contributed by atoms with Crippen LogP contribution in [0.15, 0.2) is 84.9 Å². The first-order valence-corrected chi connectivity index (χ1v) is 15.2. The van der Waals surface area contributed by atoms with E-state index in [0.29, 0.717) is 0 Å². The van der Waals surface area contributed by atoms with Crippen LogP contribution in [-0.2, 0) is 0 Å². The van der Waals surface area contributed by atoms with Crippen molar-refractivity contribution in [2.24, 2.45) is 0 Å². The van der Waals surface area contributed by atoms with E-state index >= 15 is 0 Å². The molecule has 4 aromatic carbocycles. The van der Waals surface area contributed by atoms with Crippen LogP contribution in [0.2, 0.25) is 0 Å². The van der Waals surface area contributed by atoms with E-state index in [0.717, 1.165) is 13.4 Å². The predicted octanol–water partition coefficient (Wildman–Crippen LogP) is 4.89. The molecule has 0 radical (unpaired) electrons. The van der Waals surface area contributed by atoms with Crippen LogP contribution in [0, 0.1) is 29.1 Å². The second-order valence-electron chi connectivity index (χ2n) is 6.76. The Morgan fingerprint density at radius 3 is 1.23 bits per heavy atom.